The summed E-state index contributed by atoms with van der Waals surface area (Å²) in [5, 5.41) is 0. The molecule has 2 aromatic rings. The Labute approximate surface area is 204 Å². The highest BCUT2D eigenvalue weighted by Crippen LogP contribution is 2.55. The van der Waals surface area contributed by atoms with Gasteiger partial charge in [0.1, 0.15) is 5.75 Å². The van der Waals surface area contributed by atoms with Crippen molar-refractivity contribution in [2.24, 2.45) is 0 Å². The summed E-state index contributed by atoms with van der Waals surface area (Å²) in [5.74, 6) is 10.5. The van der Waals surface area contributed by atoms with E-state index in [0.29, 0.717) is 12.2 Å². The molecular weight excluding hydrogens is 456 g/mol. The Balaban J connectivity index is 1.99. The molecule has 1 aliphatic heterocycles. The molecular formula is C26H30O3S3. The van der Waals surface area contributed by atoms with Gasteiger partial charge in [0.05, 0.1) is 22.9 Å². The molecule has 0 amide bonds. The molecule has 0 aromatic heterocycles. The zero-order valence-corrected chi connectivity index (χ0v) is 21.6. The fourth-order valence-electron chi connectivity index (χ4n) is 3.63. The summed E-state index contributed by atoms with van der Waals surface area (Å²) in [6.45, 7) is 9.52. The number of rotatable bonds is 8. The Morgan fingerprint density at radius 2 is 1.75 bits per heavy atom. The fourth-order valence-corrected chi connectivity index (χ4v) is 7.46. The Morgan fingerprint density at radius 3 is 2.38 bits per heavy atom. The van der Waals surface area contributed by atoms with E-state index in [4.69, 9.17) is 9.47 Å². The first-order chi connectivity index (χ1) is 15.6. The van der Waals surface area contributed by atoms with Crippen molar-refractivity contribution in [2.45, 2.75) is 43.1 Å². The van der Waals surface area contributed by atoms with Gasteiger partial charge >= 0.3 is 5.97 Å². The molecule has 0 saturated heterocycles. The van der Waals surface area contributed by atoms with Crippen LogP contribution in [0.2, 0.25) is 0 Å². The van der Waals surface area contributed by atoms with Gasteiger partial charge in [-0.05, 0) is 60.6 Å². The van der Waals surface area contributed by atoms with Crippen molar-refractivity contribution in [3.05, 3.63) is 58.7 Å². The second-order valence-corrected chi connectivity index (χ2v) is 11.7. The molecule has 0 saturated carbocycles. The van der Waals surface area contributed by atoms with Crippen LogP contribution >= 0.6 is 35.3 Å². The number of thioether (sulfide) groups is 3. The van der Waals surface area contributed by atoms with Crippen molar-refractivity contribution < 1.29 is 14.3 Å². The van der Waals surface area contributed by atoms with Crippen molar-refractivity contribution in [3.8, 4) is 17.6 Å². The van der Waals surface area contributed by atoms with Gasteiger partial charge in [-0.3, -0.25) is 0 Å². The van der Waals surface area contributed by atoms with Crippen LogP contribution in [0, 0.1) is 11.8 Å². The molecule has 0 aliphatic carbocycles. The van der Waals surface area contributed by atoms with Gasteiger partial charge < -0.3 is 9.47 Å². The molecule has 0 radical (unpaired) electrons. The third-order valence-corrected chi connectivity index (χ3v) is 8.98. The van der Waals surface area contributed by atoms with Gasteiger partial charge in [0.15, 0.2) is 0 Å². The van der Waals surface area contributed by atoms with Gasteiger partial charge in [0, 0.05) is 28.0 Å². The molecule has 6 heteroatoms. The minimum atomic E-state index is -0.304. The van der Waals surface area contributed by atoms with Crippen molar-refractivity contribution >= 4 is 41.3 Å². The number of carbonyl (C=O) groups excluding carboxylic acids is 1. The van der Waals surface area contributed by atoms with Crippen molar-refractivity contribution in [3.63, 3.8) is 0 Å². The van der Waals surface area contributed by atoms with Gasteiger partial charge in [-0.2, -0.15) is 0 Å². The molecule has 0 N–H and O–H groups in total. The zero-order valence-electron chi connectivity index (χ0n) is 19.2. The lowest BCUT2D eigenvalue weighted by Gasteiger charge is -2.38. The van der Waals surface area contributed by atoms with Crippen molar-refractivity contribution in [2.75, 3.05) is 30.5 Å². The molecule has 0 fully saturated rings. The first kappa shape index (κ1) is 25.0. The van der Waals surface area contributed by atoms with Gasteiger partial charge in [0.25, 0.3) is 0 Å². The molecule has 170 valence electrons. The highest BCUT2D eigenvalue weighted by molar-refractivity contribution is 8.17. The van der Waals surface area contributed by atoms with Crippen LogP contribution in [0.4, 0.5) is 0 Å². The third kappa shape index (κ3) is 5.81. The van der Waals surface area contributed by atoms with Gasteiger partial charge in [-0.1, -0.05) is 32.6 Å². The molecule has 0 bridgehead atoms. The lowest BCUT2D eigenvalue weighted by atomic mass is 10.0. The van der Waals surface area contributed by atoms with Crippen LogP contribution < -0.4 is 4.74 Å². The molecule has 32 heavy (non-hydrogen) atoms. The standard InChI is InChI=1S/C26H30O3S3/c1-5-28-25(27)20-12-9-19(10-13-20)11-14-21-17-22-23(18-24(21)30-6-2)29-16-15-26(22,31-7-3)32-8-4/h9-10,12-13,17-18H,5-8,15-16H2,1-4H3. The van der Waals surface area contributed by atoms with Gasteiger partial charge in [0.2, 0.25) is 0 Å². The Hall–Kier alpha value is -1.68. The Kier molecular flexibility index (Phi) is 9.34. The van der Waals surface area contributed by atoms with E-state index in [-0.39, 0.29) is 10.0 Å². The van der Waals surface area contributed by atoms with Crippen LogP contribution in [0.5, 0.6) is 5.75 Å². The minimum absolute atomic E-state index is 0.0181. The second-order valence-electron chi connectivity index (χ2n) is 7.04. The number of carbonyl (C=O) groups is 1. The zero-order chi connectivity index (χ0) is 23.0. The minimum Gasteiger partial charge on any atom is -0.493 e. The van der Waals surface area contributed by atoms with Crippen LogP contribution in [-0.4, -0.2) is 36.4 Å². The number of fused-ring (bicyclic) bond motifs is 1. The Bertz CT molecular complexity index is 984. The molecule has 3 rings (SSSR count). The monoisotopic (exact) mass is 486 g/mol. The average Bonchev–Trinajstić information content (AvgIpc) is 2.79. The molecule has 0 spiro atoms. The van der Waals surface area contributed by atoms with Crippen LogP contribution in [0.25, 0.3) is 0 Å². The lowest BCUT2D eigenvalue weighted by Crippen LogP contribution is -2.27. The highest BCUT2D eigenvalue weighted by atomic mass is 32.2. The maximum absolute atomic E-state index is 11.9. The summed E-state index contributed by atoms with van der Waals surface area (Å²) in [6.07, 6.45) is 0.999. The number of esters is 1. The summed E-state index contributed by atoms with van der Waals surface area (Å²) >= 11 is 5.79. The fraction of sp³-hybridized carbons (Fsp3) is 0.423. The normalized spacial score (nSPS) is 14.0. The first-order valence-electron chi connectivity index (χ1n) is 11.1. The lowest BCUT2D eigenvalue weighted by molar-refractivity contribution is 0.0526. The van der Waals surface area contributed by atoms with E-state index in [9.17, 15) is 4.79 Å². The SMILES string of the molecule is CCOC(=O)c1ccc(C#Cc2cc3c(cc2SCC)OCCC3(SCC)SCC)cc1. The van der Waals surface area contributed by atoms with E-state index >= 15 is 0 Å². The highest BCUT2D eigenvalue weighted by Gasteiger charge is 2.38. The summed E-state index contributed by atoms with van der Waals surface area (Å²) in [7, 11) is 0. The maximum Gasteiger partial charge on any atom is 0.338 e. The van der Waals surface area contributed by atoms with E-state index in [1.54, 1.807) is 30.8 Å². The van der Waals surface area contributed by atoms with Gasteiger partial charge in [-0.25, -0.2) is 4.79 Å². The van der Waals surface area contributed by atoms with Crippen LogP contribution in [0.1, 0.15) is 61.2 Å². The van der Waals surface area contributed by atoms with Crippen molar-refractivity contribution in [1.29, 1.82) is 0 Å². The van der Waals surface area contributed by atoms with Gasteiger partial charge in [-0.15, -0.1) is 35.3 Å². The molecule has 3 nitrogen and oxygen atoms in total. The molecule has 1 aliphatic rings. The number of benzene rings is 2. The van der Waals surface area contributed by atoms with Crippen LogP contribution in [0.15, 0.2) is 41.3 Å². The summed E-state index contributed by atoms with van der Waals surface area (Å²) in [4.78, 5) is 13.0. The first-order valence-corrected chi connectivity index (χ1v) is 14.0. The number of hydrogen-bond donors (Lipinski definition) is 0. The summed E-state index contributed by atoms with van der Waals surface area (Å²) < 4.78 is 11.2. The summed E-state index contributed by atoms with van der Waals surface area (Å²) in [5.41, 5.74) is 3.71. The van der Waals surface area contributed by atoms with E-state index in [2.05, 4.69) is 44.7 Å². The summed E-state index contributed by atoms with van der Waals surface area (Å²) in [6, 6.07) is 11.7. The maximum atomic E-state index is 11.9. The van der Waals surface area contributed by atoms with Crippen molar-refractivity contribution in [1.82, 2.24) is 0 Å². The van der Waals surface area contributed by atoms with Crippen LogP contribution in [-0.2, 0) is 8.82 Å². The van der Waals surface area contributed by atoms with E-state index in [1.807, 2.05) is 35.7 Å². The largest absolute Gasteiger partial charge is 0.493 e. The predicted octanol–water partition coefficient (Wildman–Crippen LogP) is 6.82. The molecule has 2 aromatic carbocycles. The number of ether oxygens (including phenoxy) is 2. The molecule has 0 unspecified atom stereocenters. The Morgan fingerprint density at radius 1 is 1.03 bits per heavy atom. The van der Waals surface area contributed by atoms with E-state index in [0.717, 1.165) is 52.1 Å². The third-order valence-electron chi connectivity index (χ3n) is 4.97. The smallest absolute Gasteiger partial charge is 0.338 e. The van der Waals surface area contributed by atoms with E-state index < -0.39 is 0 Å². The topological polar surface area (TPSA) is 35.5 Å². The molecule has 1 heterocycles. The second kappa shape index (κ2) is 12.0. The molecule has 0 atom stereocenters. The van der Waals surface area contributed by atoms with Crippen LogP contribution in [0.3, 0.4) is 0 Å². The average molecular weight is 487 g/mol. The quantitative estimate of drug-likeness (QED) is 0.176. The number of hydrogen-bond acceptors (Lipinski definition) is 6. The van der Waals surface area contributed by atoms with E-state index in [1.165, 1.54) is 5.56 Å². The predicted molar refractivity (Wildman–Crippen MR) is 139 cm³/mol.